The molecule has 1 heterocycles. The first-order valence-corrected chi connectivity index (χ1v) is 10.0. The van der Waals surface area contributed by atoms with Crippen LogP contribution in [0.25, 0.3) is 11.1 Å². The molecule has 0 spiro atoms. The molecule has 0 aromatic heterocycles. The molecule has 0 saturated heterocycles. The number of hydrogen-bond donors (Lipinski definition) is 2. The summed E-state index contributed by atoms with van der Waals surface area (Å²) in [7, 11) is 0. The summed E-state index contributed by atoms with van der Waals surface area (Å²) in [4.78, 5) is 24.3. The summed E-state index contributed by atoms with van der Waals surface area (Å²) >= 11 is 12.1. The van der Waals surface area contributed by atoms with Crippen molar-refractivity contribution in [3.63, 3.8) is 0 Å². The van der Waals surface area contributed by atoms with Crippen LogP contribution in [0.15, 0.2) is 60.7 Å². The molecule has 0 bridgehead atoms. The van der Waals surface area contributed by atoms with Gasteiger partial charge < -0.3 is 15.2 Å². The van der Waals surface area contributed by atoms with Crippen LogP contribution in [-0.2, 0) is 17.8 Å². The fourth-order valence-electron chi connectivity index (χ4n) is 3.37. The Labute approximate surface area is 183 Å². The van der Waals surface area contributed by atoms with E-state index in [0.29, 0.717) is 6.61 Å². The fraction of sp³-hybridized carbons (Fsp3) is 0.130. The van der Waals surface area contributed by atoms with Crippen LogP contribution >= 0.6 is 23.2 Å². The van der Waals surface area contributed by atoms with Gasteiger partial charge in [0.15, 0.2) is 0 Å². The van der Waals surface area contributed by atoms with E-state index < -0.39 is 17.9 Å². The van der Waals surface area contributed by atoms with Crippen LogP contribution in [0.2, 0.25) is 10.0 Å². The lowest BCUT2D eigenvalue weighted by molar-refractivity contribution is -0.139. The molecule has 0 saturated carbocycles. The Hall–Kier alpha value is -3.02. The molecule has 1 atom stereocenters. The molecule has 152 valence electrons. The van der Waals surface area contributed by atoms with Crippen molar-refractivity contribution < 1.29 is 19.4 Å². The molecule has 4 rings (SSSR count). The number of nitrogens with one attached hydrogen (secondary N) is 1. The average Bonchev–Trinajstić information content (AvgIpc) is 2.68. The van der Waals surface area contributed by atoms with Gasteiger partial charge in [-0.15, -0.1) is 0 Å². The van der Waals surface area contributed by atoms with E-state index in [0.717, 1.165) is 22.4 Å². The maximum Gasteiger partial charge on any atom is 0.326 e. The first kappa shape index (κ1) is 20.3. The van der Waals surface area contributed by atoms with Crippen LogP contribution in [0, 0.1) is 0 Å². The number of fused-ring (bicyclic) bond motifs is 1. The molecular weight excluding hydrogens is 425 g/mol. The molecule has 0 aliphatic carbocycles. The molecule has 7 heteroatoms. The Kier molecular flexibility index (Phi) is 5.66. The highest BCUT2D eigenvalue weighted by molar-refractivity contribution is 6.39. The normalized spacial score (nSPS) is 12.9. The zero-order valence-corrected chi connectivity index (χ0v) is 17.2. The van der Waals surface area contributed by atoms with E-state index in [-0.39, 0.29) is 22.0 Å². The lowest BCUT2D eigenvalue weighted by atomic mass is 9.97. The van der Waals surface area contributed by atoms with E-state index in [9.17, 15) is 14.7 Å². The van der Waals surface area contributed by atoms with E-state index in [1.165, 1.54) is 17.7 Å². The Morgan fingerprint density at radius 2 is 1.67 bits per heavy atom. The minimum Gasteiger partial charge on any atom is -0.488 e. The Morgan fingerprint density at radius 1 is 1.00 bits per heavy atom. The third-order valence-corrected chi connectivity index (χ3v) is 5.60. The van der Waals surface area contributed by atoms with Crippen LogP contribution in [-0.4, -0.2) is 23.0 Å². The van der Waals surface area contributed by atoms with Crippen LogP contribution in [0.3, 0.4) is 0 Å². The second-order valence-electron chi connectivity index (χ2n) is 6.94. The van der Waals surface area contributed by atoms with Crippen LogP contribution in [0.1, 0.15) is 21.5 Å². The Bertz CT molecular complexity index is 1110. The van der Waals surface area contributed by atoms with Gasteiger partial charge in [0.1, 0.15) is 18.4 Å². The number of carbonyl (C=O) groups excluding carboxylic acids is 1. The minimum absolute atomic E-state index is 0.0595. The van der Waals surface area contributed by atoms with Crippen molar-refractivity contribution in [2.45, 2.75) is 19.1 Å². The fourth-order valence-corrected chi connectivity index (χ4v) is 3.94. The molecule has 1 aliphatic heterocycles. The van der Waals surface area contributed by atoms with Crippen molar-refractivity contribution in [3.8, 4) is 16.9 Å². The second-order valence-corrected chi connectivity index (χ2v) is 7.76. The highest BCUT2D eigenvalue weighted by Gasteiger charge is 2.24. The lowest BCUT2D eigenvalue weighted by Gasteiger charge is -2.23. The molecule has 1 amide bonds. The van der Waals surface area contributed by atoms with Crippen LogP contribution in [0.5, 0.6) is 5.75 Å². The number of benzene rings is 3. The highest BCUT2D eigenvalue weighted by Crippen LogP contribution is 2.39. The number of carboxylic acids is 1. The van der Waals surface area contributed by atoms with Gasteiger partial charge in [-0.3, -0.25) is 4.79 Å². The third kappa shape index (κ3) is 3.99. The summed E-state index contributed by atoms with van der Waals surface area (Å²) in [5.41, 5.74) is 3.98. The zero-order chi connectivity index (χ0) is 21.3. The van der Waals surface area contributed by atoms with Crippen molar-refractivity contribution in [2.75, 3.05) is 0 Å². The van der Waals surface area contributed by atoms with E-state index in [4.69, 9.17) is 27.9 Å². The number of amides is 1. The van der Waals surface area contributed by atoms with Gasteiger partial charge in [-0.25, -0.2) is 4.79 Å². The van der Waals surface area contributed by atoms with Crippen LogP contribution < -0.4 is 10.1 Å². The number of aliphatic carboxylic acids is 1. The molecule has 0 radical (unpaired) electrons. The summed E-state index contributed by atoms with van der Waals surface area (Å²) in [5.74, 6) is -0.888. The Balaban J connectivity index is 1.50. The van der Waals surface area contributed by atoms with Crippen molar-refractivity contribution in [2.24, 2.45) is 0 Å². The predicted octanol–water partition coefficient (Wildman–Crippen LogP) is 4.98. The largest absolute Gasteiger partial charge is 0.488 e. The van der Waals surface area contributed by atoms with Gasteiger partial charge in [-0.2, -0.15) is 0 Å². The Morgan fingerprint density at radius 3 is 2.27 bits per heavy atom. The zero-order valence-electron chi connectivity index (χ0n) is 15.7. The smallest absolute Gasteiger partial charge is 0.326 e. The number of carboxylic acid groups (broad SMARTS) is 1. The molecule has 30 heavy (non-hydrogen) atoms. The first-order valence-electron chi connectivity index (χ1n) is 9.25. The van der Waals surface area contributed by atoms with Gasteiger partial charge in [0.2, 0.25) is 0 Å². The molecule has 3 aromatic carbocycles. The number of carbonyl (C=O) groups is 2. The molecular formula is C23H17Cl2NO4. The number of halogens is 2. The van der Waals surface area contributed by atoms with E-state index in [1.54, 1.807) is 6.07 Å². The lowest BCUT2D eigenvalue weighted by Crippen LogP contribution is -2.42. The van der Waals surface area contributed by atoms with Gasteiger partial charge in [-0.05, 0) is 23.3 Å². The summed E-state index contributed by atoms with van der Waals surface area (Å²) in [6, 6.07) is 17.1. The summed E-state index contributed by atoms with van der Waals surface area (Å²) in [6.45, 7) is 0.622. The molecule has 0 fully saturated rings. The third-order valence-electron chi connectivity index (χ3n) is 4.97. The van der Waals surface area contributed by atoms with Crippen molar-refractivity contribution >= 4 is 35.1 Å². The van der Waals surface area contributed by atoms with E-state index >= 15 is 0 Å². The number of ether oxygens (including phenoxy) is 1. The van der Waals surface area contributed by atoms with Crippen molar-refractivity contribution in [1.29, 1.82) is 0 Å². The summed E-state index contributed by atoms with van der Waals surface area (Å²) in [5, 5.41) is 12.4. The second kappa shape index (κ2) is 8.38. The first-order chi connectivity index (χ1) is 14.4. The topological polar surface area (TPSA) is 75.6 Å². The molecule has 5 nitrogen and oxygen atoms in total. The molecule has 3 aromatic rings. The quantitative estimate of drug-likeness (QED) is 0.565. The van der Waals surface area contributed by atoms with E-state index in [2.05, 4.69) is 5.32 Å². The van der Waals surface area contributed by atoms with Gasteiger partial charge in [0.05, 0.1) is 15.6 Å². The van der Waals surface area contributed by atoms with Crippen LogP contribution in [0.4, 0.5) is 0 Å². The van der Waals surface area contributed by atoms with Gasteiger partial charge in [0, 0.05) is 17.5 Å². The summed E-state index contributed by atoms with van der Waals surface area (Å²) in [6.07, 6.45) is 0.118. The molecule has 2 N–H and O–H groups in total. The maximum atomic E-state index is 12.5. The van der Waals surface area contributed by atoms with Crippen molar-refractivity contribution in [1.82, 2.24) is 5.32 Å². The SMILES string of the molecule is O=C(N[C@@H](Cc1ccc(-c2cccc3c2OC3)cc1)C(=O)O)c1c(Cl)cccc1Cl. The average molecular weight is 442 g/mol. The number of hydrogen-bond acceptors (Lipinski definition) is 3. The van der Waals surface area contributed by atoms with Gasteiger partial charge in [-0.1, -0.05) is 71.7 Å². The predicted molar refractivity (Wildman–Crippen MR) is 115 cm³/mol. The molecule has 1 aliphatic rings. The number of para-hydroxylation sites is 1. The standard InChI is InChI=1S/C23H17Cl2NO4/c24-17-5-2-6-18(25)20(17)22(27)26-19(23(28)29)11-13-7-9-14(10-8-13)16-4-1-3-15-12-30-21(15)16/h1-10,19H,11-12H2,(H,26,27)(H,28,29)/t19-/m0/s1. The minimum atomic E-state index is -1.15. The van der Waals surface area contributed by atoms with E-state index in [1.807, 2.05) is 42.5 Å². The highest BCUT2D eigenvalue weighted by atomic mass is 35.5. The number of rotatable bonds is 6. The molecule has 0 unspecified atom stereocenters. The van der Waals surface area contributed by atoms with Crippen molar-refractivity contribution in [3.05, 3.63) is 87.4 Å². The van der Waals surface area contributed by atoms with Gasteiger partial charge in [0.25, 0.3) is 5.91 Å². The maximum absolute atomic E-state index is 12.5. The summed E-state index contributed by atoms with van der Waals surface area (Å²) < 4.78 is 5.55. The monoisotopic (exact) mass is 441 g/mol. The van der Waals surface area contributed by atoms with Gasteiger partial charge >= 0.3 is 5.97 Å².